The zero-order valence-electron chi connectivity index (χ0n) is 16.4. The van der Waals surface area contributed by atoms with E-state index in [1.165, 1.54) is 37.9 Å². The third-order valence-corrected chi connectivity index (χ3v) is 4.56. The number of halogens is 3. The molecule has 0 saturated heterocycles. The molecule has 0 bridgehead atoms. The average molecular weight is 441 g/mol. The summed E-state index contributed by atoms with van der Waals surface area (Å²) in [5, 5.41) is 7.68. The molecule has 2 aromatic carbocycles. The molecule has 162 valence electrons. The summed E-state index contributed by atoms with van der Waals surface area (Å²) in [6, 6.07) is 11.1. The highest BCUT2D eigenvalue weighted by molar-refractivity contribution is 6.12. The minimum atomic E-state index is -4.83. The van der Waals surface area contributed by atoms with E-state index in [-0.39, 0.29) is 22.7 Å². The highest BCUT2D eigenvalue weighted by Crippen LogP contribution is 2.35. The number of hydrogen-bond acceptors (Lipinski definition) is 6. The van der Waals surface area contributed by atoms with Crippen LogP contribution in [0.5, 0.6) is 5.88 Å². The van der Waals surface area contributed by atoms with Gasteiger partial charge in [0.25, 0.3) is 0 Å². The zero-order valence-corrected chi connectivity index (χ0v) is 16.4. The smallest absolute Gasteiger partial charge is 0.403 e. The van der Waals surface area contributed by atoms with Crippen molar-refractivity contribution in [3.8, 4) is 11.6 Å². The lowest BCUT2D eigenvalue weighted by atomic mass is 9.98. The number of carbonyl (C=O) groups is 2. The van der Waals surface area contributed by atoms with Crippen LogP contribution in [0.25, 0.3) is 5.69 Å². The van der Waals surface area contributed by atoms with Crippen molar-refractivity contribution in [3.63, 3.8) is 0 Å². The Morgan fingerprint density at radius 3 is 2.41 bits per heavy atom. The molecule has 32 heavy (non-hydrogen) atoms. The number of alkyl halides is 3. The predicted octanol–water partition coefficient (Wildman–Crippen LogP) is 3.47. The second kappa shape index (κ2) is 8.10. The molecule has 0 unspecified atom stereocenters. The van der Waals surface area contributed by atoms with E-state index in [4.69, 9.17) is 4.74 Å². The number of esters is 1. The van der Waals surface area contributed by atoms with Crippen molar-refractivity contribution in [2.45, 2.75) is 6.18 Å². The number of ketones is 1. The first-order valence-electron chi connectivity index (χ1n) is 9.16. The fraction of sp³-hybridized carbons (Fsp3) is 0.0952. The summed E-state index contributed by atoms with van der Waals surface area (Å²) < 4.78 is 48.9. The number of rotatable bonds is 5. The number of ether oxygens (including phenoxy) is 1. The molecule has 0 spiro atoms. The summed E-state index contributed by atoms with van der Waals surface area (Å²) in [6.07, 6.45) is -1.36. The summed E-state index contributed by atoms with van der Waals surface area (Å²) in [6.45, 7) is 0. The average Bonchev–Trinajstić information content (AvgIpc) is 3.44. The summed E-state index contributed by atoms with van der Waals surface area (Å²) in [4.78, 5) is 29.2. The Labute approximate surface area is 178 Å². The van der Waals surface area contributed by atoms with Crippen molar-refractivity contribution in [1.29, 1.82) is 0 Å². The van der Waals surface area contributed by atoms with Crippen LogP contribution in [0.3, 0.4) is 0 Å². The fourth-order valence-corrected chi connectivity index (χ4v) is 3.02. The van der Waals surface area contributed by atoms with Gasteiger partial charge in [0.1, 0.15) is 18.2 Å². The van der Waals surface area contributed by atoms with Crippen LogP contribution in [0.2, 0.25) is 0 Å². The van der Waals surface area contributed by atoms with E-state index < -0.39 is 29.1 Å². The molecule has 2 aromatic heterocycles. The summed E-state index contributed by atoms with van der Waals surface area (Å²) in [5.41, 5.74) is -1.78. The first kappa shape index (κ1) is 21.0. The summed E-state index contributed by atoms with van der Waals surface area (Å²) in [7, 11) is 1.41. The number of aromatic nitrogens is 5. The molecule has 0 fully saturated rings. The third-order valence-electron chi connectivity index (χ3n) is 4.56. The number of nitrogens with zero attached hydrogens (tertiary/aromatic N) is 5. The topological polar surface area (TPSA) is 91.9 Å². The highest BCUT2D eigenvalue weighted by atomic mass is 19.4. The van der Waals surface area contributed by atoms with Crippen LogP contribution in [0, 0.1) is 0 Å². The maximum Gasteiger partial charge on any atom is 0.417 e. The molecule has 11 heteroatoms. The molecule has 8 nitrogen and oxygen atoms in total. The molecule has 0 atom stereocenters. The molecule has 4 aromatic rings. The van der Waals surface area contributed by atoms with E-state index in [1.807, 2.05) is 0 Å². The van der Waals surface area contributed by atoms with E-state index >= 15 is 0 Å². The van der Waals surface area contributed by atoms with Crippen LogP contribution in [0.4, 0.5) is 13.2 Å². The minimum absolute atomic E-state index is 0.0771. The van der Waals surface area contributed by atoms with Crippen molar-refractivity contribution in [1.82, 2.24) is 24.5 Å². The largest absolute Gasteiger partial charge is 0.417 e. The van der Waals surface area contributed by atoms with E-state index in [0.717, 1.165) is 27.7 Å². The zero-order chi connectivity index (χ0) is 22.9. The Bertz CT molecular complexity index is 1280. The maximum absolute atomic E-state index is 13.8. The molecule has 0 saturated carbocycles. The lowest BCUT2D eigenvalue weighted by Crippen LogP contribution is -2.17. The SMILES string of the molecule is Cn1ncc(C(=O)c2ccc(-n3cncn3)cc2C(F)(F)F)c1OC(=O)c1ccccc1. The van der Waals surface area contributed by atoms with Crippen LogP contribution in [0.15, 0.2) is 67.4 Å². The quantitative estimate of drug-likeness (QED) is 0.348. The lowest BCUT2D eigenvalue weighted by molar-refractivity contribution is -0.137. The van der Waals surface area contributed by atoms with Crippen LogP contribution in [0.1, 0.15) is 31.8 Å². The van der Waals surface area contributed by atoms with Crippen molar-refractivity contribution in [3.05, 3.63) is 89.6 Å². The van der Waals surface area contributed by atoms with Crippen molar-refractivity contribution >= 4 is 11.8 Å². The number of hydrogen-bond donors (Lipinski definition) is 0. The second-order valence-electron chi connectivity index (χ2n) is 6.64. The fourth-order valence-electron chi connectivity index (χ4n) is 3.02. The van der Waals surface area contributed by atoms with Crippen molar-refractivity contribution in [2.24, 2.45) is 7.05 Å². The number of aryl methyl sites for hydroxylation is 1. The molecule has 0 N–H and O–H groups in total. The molecule has 0 radical (unpaired) electrons. The Kier molecular flexibility index (Phi) is 5.31. The van der Waals surface area contributed by atoms with E-state index in [2.05, 4.69) is 15.2 Å². The first-order chi connectivity index (χ1) is 15.3. The van der Waals surface area contributed by atoms with Gasteiger partial charge in [-0.2, -0.15) is 23.4 Å². The monoisotopic (exact) mass is 441 g/mol. The van der Waals surface area contributed by atoms with Crippen LogP contribution >= 0.6 is 0 Å². The molecule has 2 heterocycles. The van der Waals surface area contributed by atoms with Gasteiger partial charge in [0.15, 0.2) is 0 Å². The van der Waals surface area contributed by atoms with Gasteiger partial charge in [-0.25, -0.2) is 19.1 Å². The van der Waals surface area contributed by atoms with E-state index in [1.54, 1.807) is 18.2 Å². The van der Waals surface area contributed by atoms with Gasteiger partial charge in [-0.15, -0.1) is 0 Å². The van der Waals surface area contributed by atoms with Crippen LogP contribution in [-0.4, -0.2) is 36.3 Å². The van der Waals surface area contributed by atoms with Gasteiger partial charge in [0, 0.05) is 12.6 Å². The maximum atomic E-state index is 13.8. The normalized spacial score (nSPS) is 11.4. The Morgan fingerprint density at radius 2 is 1.75 bits per heavy atom. The van der Waals surface area contributed by atoms with E-state index in [0.29, 0.717) is 0 Å². The first-order valence-corrected chi connectivity index (χ1v) is 9.16. The summed E-state index contributed by atoms with van der Waals surface area (Å²) in [5.74, 6) is -2.04. The molecule has 0 aliphatic carbocycles. The number of benzene rings is 2. The van der Waals surface area contributed by atoms with Gasteiger partial charge in [0.2, 0.25) is 11.7 Å². The lowest BCUT2D eigenvalue weighted by Gasteiger charge is -2.14. The second-order valence-corrected chi connectivity index (χ2v) is 6.64. The predicted molar refractivity (Wildman–Crippen MR) is 104 cm³/mol. The van der Waals surface area contributed by atoms with Gasteiger partial charge in [-0.05, 0) is 30.3 Å². The standard InChI is InChI=1S/C21H14F3N5O3/c1-28-19(32-20(31)13-5-3-2-4-6-13)16(10-26-28)18(30)15-8-7-14(29-12-25-11-27-29)9-17(15)21(22,23)24/h2-12H,1H3. The van der Waals surface area contributed by atoms with Gasteiger partial charge < -0.3 is 4.74 Å². The molecular weight excluding hydrogens is 427 g/mol. The third kappa shape index (κ3) is 4.00. The van der Waals surface area contributed by atoms with Crippen LogP contribution < -0.4 is 4.74 Å². The molecule has 0 amide bonds. The Hall–Kier alpha value is -4.28. The van der Waals surface area contributed by atoms with Gasteiger partial charge >= 0.3 is 12.1 Å². The number of carbonyl (C=O) groups excluding carboxylic acids is 2. The van der Waals surface area contributed by atoms with Gasteiger partial charge in [-0.3, -0.25) is 4.79 Å². The molecule has 0 aliphatic rings. The summed E-state index contributed by atoms with van der Waals surface area (Å²) >= 11 is 0. The Morgan fingerprint density at radius 1 is 1.00 bits per heavy atom. The molecule has 0 aliphatic heterocycles. The van der Waals surface area contributed by atoms with Crippen molar-refractivity contribution < 1.29 is 27.5 Å². The molecular formula is C21H14F3N5O3. The van der Waals surface area contributed by atoms with Crippen LogP contribution in [-0.2, 0) is 13.2 Å². The van der Waals surface area contributed by atoms with Gasteiger partial charge in [0.05, 0.1) is 23.0 Å². The molecule has 4 rings (SSSR count). The van der Waals surface area contributed by atoms with Gasteiger partial charge in [-0.1, -0.05) is 18.2 Å². The Balaban J connectivity index is 1.73. The van der Waals surface area contributed by atoms with Crippen molar-refractivity contribution in [2.75, 3.05) is 0 Å². The highest BCUT2D eigenvalue weighted by Gasteiger charge is 2.37. The minimum Gasteiger partial charge on any atom is -0.403 e. The van der Waals surface area contributed by atoms with E-state index in [9.17, 15) is 22.8 Å².